The molecule has 5 heteroatoms. The zero-order valence-corrected chi connectivity index (χ0v) is 16.0. The Labute approximate surface area is 163 Å². The van der Waals surface area contributed by atoms with E-state index < -0.39 is 0 Å². The van der Waals surface area contributed by atoms with E-state index in [-0.39, 0.29) is 12.4 Å². The Morgan fingerprint density at radius 1 is 0.963 bits per heavy atom. The molecule has 0 aliphatic heterocycles. The van der Waals surface area contributed by atoms with E-state index in [1.165, 1.54) is 11.6 Å². The van der Waals surface area contributed by atoms with Crippen molar-refractivity contribution in [2.24, 2.45) is 0 Å². The fourth-order valence-electron chi connectivity index (χ4n) is 2.62. The highest BCUT2D eigenvalue weighted by Gasteiger charge is 2.12. The highest BCUT2D eigenvalue weighted by molar-refractivity contribution is 6.31. The van der Waals surface area contributed by atoms with Gasteiger partial charge in [0.1, 0.15) is 12.4 Å². The Bertz CT molecular complexity index is 913. The first-order valence-electron chi connectivity index (χ1n) is 8.60. The smallest absolute Gasteiger partial charge is 0.163 e. The van der Waals surface area contributed by atoms with E-state index in [1.54, 1.807) is 31.4 Å². The van der Waals surface area contributed by atoms with Crippen molar-refractivity contribution in [2.45, 2.75) is 20.1 Å². The third kappa shape index (κ3) is 4.92. The summed E-state index contributed by atoms with van der Waals surface area (Å²) in [6, 6.07) is 18.2. The summed E-state index contributed by atoms with van der Waals surface area (Å²) < 4.78 is 24.9. The SMILES string of the molecule is COc1cc(CNc2ccc(C)cc2)c(Cl)cc1OCc1ccccc1F. The normalized spacial score (nSPS) is 10.5. The third-order valence-electron chi connectivity index (χ3n) is 4.21. The van der Waals surface area contributed by atoms with Crippen LogP contribution < -0.4 is 14.8 Å². The first-order valence-corrected chi connectivity index (χ1v) is 8.98. The fraction of sp³-hybridized carbons (Fsp3) is 0.182. The molecular weight excluding hydrogens is 365 g/mol. The van der Waals surface area contributed by atoms with Gasteiger partial charge in [0.25, 0.3) is 0 Å². The van der Waals surface area contributed by atoms with Gasteiger partial charge in [-0.15, -0.1) is 0 Å². The molecule has 0 bridgehead atoms. The van der Waals surface area contributed by atoms with Gasteiger partial charge in [-0.1, -0.05) is 47.5 Å². The average Bonchev–Trinajstić information content (AvgIpc) is 2.68. The number of nitrogens with one attached hydrogen (secondary N) is 1. The van der Waals surface area contributed by atoms with Crippen molar-refractivity contribution in [3.63, 3.8) is 0 Å². The summed E-state index contributed by atoms with van der Waals surface area (Å²) in [6.45, 7) is 2.69. The molecule has 0 saturated heterocycles. The molecule has 0 unspecified atom stereocenters. The number of halogens is 2. The van der Waals surface area contributed by atoms with E-state index in [0.717, 1.165) is 11.3 Å². The van der Waals surface area contributed by atoms with E-state index in [2.05, 4.69) is 5.32 Å². The van der Waals surface area contributed by atoms with Crippen molar-refractivity contribution in [2.75, 3.05) is 12.4 Å². The Balaban J connectivity index is 1.72. The Kier molecular flexibility index (Phi) is 6.20. The van der Waals surface area contributed by atoms with Crippen LogP contribution >= 0.6 is 11.6 Å². The molecule has 3 nitrogen and oxygen atoms in total. The molecule has 0 aliphatic carbocycles. The molecule has 140 valence electrons. The second-order valence-corrected chi connectivity index (χ2v) is 6.60. The van der Waals surface area contributed by atoms with Gasteiger partial charge in [-0.25, -0.2) is 4.39 Å². The molecule has 3 aromatic rings. The van der Waals surface area contributed by atoms with Crippen LogP contribution in [0.4, 0.5) is 10.1 Å². The molecule has 1 N–H and O–H groups in total. The molecule has 0 amide bonds. The van der Waals surface area contributed by atoms with Crippen molar-refractivity contribution >= 4 is 17.3 Å². The molecule has 0 atom stereocenters. The van der Waals surface area contributed by atoms with Gasteiger partial charge < -0.3 is 14.8 Å². The Hall–Kier alpha value is -2.72. The lowest BCUT2D eigenvalue weighted by Gasteiger charge is -2.15. The van der Waals surface area contributed by atoms with Gasteiger partial charge in [-0.3, -0.25) is 0 Å². The molecule has 0 aliphatic rings. The van der Waals surface area contributed by atoms with E-state index in [4.69, 9.17) is 21.1 Å². The standard InChI is InChI=1S/C22H21ClFNO2/c1-15-7-9-18(10-8-15)25-13-17-11-21(26-2)22(12-19(17)23)27-14-16-5-3-4-6-20(16)24/h3-12,25H,13-14H2,1-2H3. The van der Waals surface area contributed by atoms with Crippen LogP contribution in [-0.2, 0) is 13.2 Å². The van der Waals surface area contributed by atoms with Gasteiger partial charge in [-0.2, -0.15) is 0 Å². The second-order valence-electron chi connectivity index (χ2n) is 6.19. The van der Waals surface area contributed by atoms with Gasteiger partial charge >= 0.3 is 0 Å². The van der Waals surface area contributed by atoms with Crippen molar-refractivity contribution in [1.29, 1.82) is 0 Å². The van der Waals surface area contributed by atoms with Crippen molar-refractivity contribution < 1.29 is 13.9 Å². The summed E-state index contributed by atoms with van der Waals surface area (Å²) in [7, 11) is 1.57. The van der Waals surface area contributed by atoms with E-state index in [9.17, 15) is 4.39 Å². The molecule has 0 aromatic heterocycles. The predicted molar refractivity (Wildman–Crippen MR) is 107 cm³/mol. The topological polar surface area (TPSA) is 30.5 Å². The van der Waals surface area contributed by atoms with Crippen molar-refractivity contribution in [1.82, 2.24) is 0 Å². The maximum atomic E-state index is 13.8. The first-order chi connectivity index (χ1) is 13.1. The lowest BCUT2D eigenvalue weighted by atomic mass is 10.1. The van der Waals surface area contributed by atoms with Gasteiger partial charge in [0, 0.05) is 28.9 Å². The fourth-order valence-corrected chi connectivity index (χ4v) is 2.85. The third-order valence-corrected chi connectivity index (χ3v) is 4.56. The van der Waals surface area contributed by atoms with Gasteiger partial charge in [0.2, 0.25) is 0 Å². The summed E-state index contributed by atoms with van der Waals surface area (Å²) in [5, 5.41) is 3.89. The summed E-state index contributed by atoms with van der Waals surface area (Å²) in [5.41, 5.74) is 3.57. The van der Waals surface area contributed by atoms with Crippen LogP contribution in [-0.4, -0.2) is 7.11 Å². The molecule has 0 heterocycles. The Morgan fingerprint density at radius 3 is 2.41 bits per heavy atom. The molecule has 3 rings (SSSR count). The summed E-state index contributed by atoms with van der Waals surface area (Å²) in [5.74, 6) is 0.725. The minimum absolute atomic E-state index is 0.0975. The van der Waals surface area contributed by atoms with Gasteiger partial charge in [0.05, 0.1) is 7.11 Å². The summed E-state index contributed by atoms with van der Waals surface area (Å²) in [4.78, 5) is 0. The van der Waals surface area contributed by atoms with Gasteiger partial charge in [0.15, 0.2) is 11.5 Å². The van der Waals surface area contributed by atoms with Crippen LogP contribution in [0.15, 0.2) is 60.7 Å². The number of hydrogen-bond donors (Lipinski definition) is 1. The van der Waals surface area contributed by atoms with E-state index >= 15 is 0 Å². The zero-order valence-electron chi connectivity index (χ0n) is 15.3. The number of aryl methyl sites for hydroxylation is 1. The molecule has 0 fully saturated rings. The second kappa shape index (κ2) is 8.78. The van der Waals surface area contributed by atoms with Crippen LogP contribution in [0.2, 0.25) is 5.02 Å². The monoisotopic (exact) mass is 385 g/mol. The molecule has 0 spiro atoms. The Morgan fingerprint density at radius 2 is 1.70 bits per heavy atom. The number of benzene rings is 3. The number of rotatable bonds is 7. The number of methoxy groups -OCH3 is 1. The lowest BCUT2D eigenvalue weighted by Crippen LogP contribution is -2.03. The number of ether oxygens (including phenoxy) is 2. The zero-order chi connectivity index (χ0) is 19.2. The highest BCUT2D eigenvalue weighted by Crippen LogP contribution is 2.34. The van der Waals surface area contributed by atoms with Crippen LogP contribution in [0, 0.1) is 12.7 Å². The van der Waals surface area contributed by atoms with E-state index in [0.29, 0.717) is 28.6 Å². The number of hydrogen-bond acceptors (Lipinski definition) is 3. The van der Waals surface area contributed by atoms with Crippen LogP contribution in [0.25, 0.3) is 0 Å². The van der Waals surface area contributed by atoms with E-state index in [1.807, 2.05) is 37.3 Å². The summed E-state index contributed by atoms with van der Waals surface area (Å²) >= 11 is 6.41. The average molecular weight is 386 g/mol. The predicted octanol–water partition coefficient (Wildman–Crippen LogP) is 5.99. The summed E-state index contributed by atoms with van der Waals surface area (Å²) in [6.07, 6.45) is 0. The number of anilines is 1. The van der Waals surface area contributed by atoms with Crippen LogP contribution in [0.1, 0.15) is 16.7 Å². The van der Waals surface area contributed by atoms with Gasteiger partial charge in [-0.05, 0) is 36.8 Å². The minimum Gasteiger partial charge on any atom is -0.493 e. The molecule has 0 radical (unpaired) electrons. The molecule has 0 saturated carbocycles. The van der Waals surface area contributed by atoms with Crippen molar-refractivity contribution in [3.05, 3.63) is 88.2 Å². The lowest BCUT2D eigenvalue weighted by molar-refractivity contribution is 0.279. The molecule has 3 aromatic carbocycles. The molecule has 27 heavy (non-hydrogen) atoms. The molecular formula is C22H21ClFNO2. The maximum absolute atomic E-state index is 13.8. The highest BCUT2D eigenvalue weighted by atomic mass is 35.5. The first kappa shape index (κ1) is 19.1. The quantitative estimate of drug-likeness (QED) is 0.542. The largest absolute Gasteiger partial charge is 0.493 e. The van der Waals surface area contributed by atoms with Crippen LogP contribution in [0.3, 0.4) is 0 Å². The van der Waals surface area contributed by atoms with Crippen molar-refractivity contribution in [3.8, 4) is 11.5 Å². The van der Waals surface area contributed by atoms with Crippen LogP contribution in [0.5, 0.6) is 11.5 Å². The minimum atomic E-state index is -0.304. The maximum Gasteiger partial charge on any atom is 0.163 e.